The molecule has 1 aliphatic heterocycles. The normalized spacial score (nSPS) is 14.6. The van der Waals surface area contributed by atoms with Gasteiger partial charge in [0.05, 0.1) is 32.5 Å². The first-order chi connectivity index (χ1) is 12.1. The van der Waals surface area contributed by atoms with Crippen molar-refractivity contribution in [2.75, 3.05) is 38.7 Å². The number of hydrogen-bond donors (Lipinski definition) is 3. The molecule has 2 aromatic rings. The van der Waals surface area contributed by atoms with E-state index in [0.29, 0.717) is 18.0 Å². The van der Waals surface area contributed by atoms with E-state index < -0.39 is 5.97 Å². The lowest BCUT2D eigenvalue weighted by molar-refractivity contribution is -0.878. The number of aromatic nitrogens is 1. The first-order valence-electron chi connectivity index (χ1n) is 8.62. The number of carbonyl (C=O) groups is 2. The molecule has 25 heavy (non-hydrogen) atoms. The molecule has 1 amide bonds. The average Bonchev–Trinajstić information content (AvgIpc) is 3.23. The van der Waals surface area contributed by atoms with E-state index in [1.807, 2.05) is 6.07 Å². The number of ether oxygens (including phenoxy) is 2. The fraction of sp³-hybridized carbons (Fsp3) is 0.444. The van der Waals surface area contributed by atoms with Crippen LogP contribution >= 0.6 is 0 Å². The van der Waals surface area contributed by atoms with Gasteiger partial charge in [-0.3, -0.25) is 4.79 Å². The number of likely N-dealkylation sites (tertiary alicyclic amines) is 1. The molecule has 134 valence electrons. The van der Waals surface area contributed by atoms with Gasteiger partial charge < -0.3 is 24.7 Å². The van der Waals surface area contributed by atoms with Crippen molar-refractivity contribution in [3.63, 3.8) is 0 Å². The van der Waals surface area contributed by atoms with Gasteiger partial charge in [-0.25, -0.2) is 4.79 Å². The van der Waals surface area contributed by atoms with Crippen LogP contribution in [0.1, 0.15) is 30.3 Å². The minimum Gasteiger partial charge on any atom is -0.497 e. The molecular formula is C18H24N3O4+. The lowest BCUT2D eigenvalue weighted by atomic mass is 10.2. The van der Waals surface area contributed by atoms with Gasteiger partial charge in [-0.2, -0.15) is 0 Å². The highest BCUT2D eigenvalue weighted by Crippen LogP contribution is 2.31. The SMILES string of the molecule is CCOC(=O)c1[nH]c2ccc(OC)cc2c1NC(=O)C[NH+]1CCCC1. The summed E-state index contributed by atoms with van der Waals surface area (Å²) in [7, 11) is 1.58. The van der Waals surface area contributed by atoms with Gasteiger partial charge in [0.25, 0.3) is 5.91 Å². The second-order valence-electron chi connectivity index (χ2n) is 6.19. The third kappa shape index (κ3) is 3.76. The smallest absolute Gasteiger partial charge is 0.356 e. The number of anilines is 1. The minimum atomic E-state index is -0.485. The Morgan fingerprint density at radius 3 is 2.72 bits per heavy atom. The molecule has 0 aliphatic carbocycles. The van der Waals surface area contributed by atoms with Gasteiger partial charge in [0.1, 0.15) is 11.4 Å². The van der Waals surface area contributed by atoms with E-state index in [4.69, 9.17) is 9.47 Å². The Labute approximate surface area is 146 Å². The van der Waals surface area contributed by atoms with E-state index in [1.165, 1.54) is 4.90 Å². The van der Waals surface area contributed by atoms with Gasteiger partial charge in [0.2, 0.25) is 0 Å². The molecule has 1 aliphatic rings. The third-order valence-corrected chi connectivity index (χ3v) is 4.47. The molecule has 0 bridgehead atoms. The van der Waals surface area contributed by atoms with Crippen molar-refractivity contribution in [1.29, 1.82) is 0 Å². The summed E-state index contributed by atoms with van der Waals surface area (Å²) >= 11 is 0. The van der Waals surface area contributed by atoms with Crippen LogP contribution in [0.4, 0.5) is 5.69 Å². The molecule has 0 atom stereocenters. The van der Waals surface area contributed by atoms with Crippen LogP contribution in [0.25, 0.3) is 10.9 Å². The van der Waals surface area contributed by atoms with Crippen molar-refractivity contribution < 1.29 is 24.0 Å². The Hall–Kier alpha value is -2.54. The summed E-state index contributed by atoms with van der Waals surface area (Å²) in [5, 5.41) is 3.63. The van der Waals surface area contributed by atoms with Gasteiger partial charge >= 0.3 is 5.97 Å². The number of methoxy groups -OCH3 is 1. The molecule has 0 radical (unpaired) electrons. The number of H-pyrrole nitrogens is 1. The van der Waals surface area contributed by atoms with Crippen molar-refractivity contribution in [1.82, 2.24) is 4.98 Å². The van der Waals surface area contributed by atoms with E-state index in [1.54, 1.807) is 26.2 Å². The second kappa shape index (κ2) is 7.57. The number of amides is 1. The van der Waals surface area contributed by atoms with Crippen molar-refractivity contribution in [3.8, 4) is 5.75 Å². The number of nitrogens with one attached hydrogen (secondary N) is 3. The molecule has 0 unspecified atom stereocenters. The third-order valence-electron chi connectivity index (χ3n) is 4.47. The molecule has 1 fully saturated rings. The van der Waals surface area contributed by atoms with Crippen LogP contribution in [0.5, 0.6) is 5.75 Å². The topological polar surface area (TPSA) is 84.9 Å². The summed E-state index contributed by atoms with van der Waals surface area (Å²) in [4.78, 5) is 29.1. The highest BCUT2D eigenvalue weighted by molar-refractivity contribution is 6.11. The van der Waals surface area contributed by atoms with E-state index in [9.17, 15) is 9.59 Å². The zero-order valence-electron chi connectivity index (χ0n) is 14.6. The summed E-state index contributed by atoms with van der Waals surface area (Å²) in [6.45, 7) is 4.44. The van der Waals surface area contributed by atoms with E-state index in [0.717, 1.165) is 36.8 Å². The number of fused-ring (bicyclic) bond motifs is 1. The molecule has 1 aromatic carbocycles. The largest absolute Gasteiger partial charge is 0.497 e. The molecule has 3 rings (SSSR count). The van der Waals surface area contributed by atoms with Crippen molar-refractivity contribution >= 4 is 28.5 Å². The van der Waals surface area contributed by atoms with Crippen molar-refractivity contribution in [2.45, 2.75) is 19.8 Å². The first kappa shape index (κ1) is 17.3. The predicted molar refractivity (Wildman–Crippen MR) is 94.2 cm³/mol. The van der Waals surface area contributed by atoms with Crippen LogP contribution in [0.15, 0.2) is 18.2 Å². The van der Waals surface area contributed by atoms with Gasteiger partial charge in [-0.15, -0.1) is 0 Å². The monoisotopic (exact) mass is 346 g/mol. The Balaban J connectivity index is 1.92. The standard InChI is InChI=1S/C18H23N3O4/c1-3-25-18(23)17-16(20-15(22)11-21-8-4-5-9-21)13-10-12(24-2)6-7-14(13)19-17/h6-7,10,19H,3-5,8-9,11H2,1-2H3,(H,20,22)/p+1. The molecule has 7 heteroatoms. The van der Waals surface area contributed by atoms with Gasteiger partial charge in [0.15, 0.2) is 6.54 Å². The van der Waals surface area contributed by atoms with Crippen LogP contribution < -0.4 is 15.0 Å². The lowest BCUT2D eigenvalue weighted by Gasteiger charge is -2.12. The van der Waals surface area contributed by atoms with E-state index >= 15 is 0 Å². The van der Waals surface area contributed by atoms with Crippen LogP contribution in [0.3, 0.4) is 0 Å². The zero-order valence-corrected chi connectivity index (χ0v) is 14.6. The van der Waals surface area contributed by atoms with E-state index in [2.05, 4.69) is 10.3 Å². The van der Waals surface area contributed by atoms with Crippen LogP contribution in [0.2, 0.25) is 0 Å². The molecule has 7 nitrogen and oxygen atoms in total. The summed E-state index contributed by atoms with van der Waals surface area (Å²) in [5.41, 5.74) is 1.46. The molecule has 0 saturated carbocycles. The van der Waals surface area contributed by atoms with Crippen LogP contribution in [0, 0.1) is 0 Å². The van der Waals surface area contributed by atoms with Crippen molar-refractivity contribution in [3.05, 3.63) is 23.9 Å². The average molecular weight is 346 g/mol. The summed E-state index contributed by atoms with van der Waals surface area (Å²) in [6.07, 6.45) is 2.31. The van der Waals surface area contributed by atoms with Crippen LogP contribution in [-0.4, -0.2) is 50.2 Å². The molecule has 2 heterocycles. The molecule has 1 saturated heterocycles. The molecular weight excluding hydrogens is 322 g/mol. The zero-order chi connectivity index (χ0) is 17.8. The van der Waals surface area contributed by atoms with Crippen molar-refractivity contribution in [2.24, 2.45) is 0 Å². The predicted octanol–water partition coefficient (Wildman–Crippen LogP) is 0.970. The quantitative estimate of drug-likeness (QED) is 0.681. The highest BCUT2D eigenvalue weighted by Gasteiger charge is 2.24. The van der Waals surface area contributed by atoms with Gasteiger partial charge in [-0.05, 0) is 25.1 Å². The Morgan fingerprint density at radius 1 is 1.28 bits per heavy atom. The Bertz CT molecular complexity index is 778. The number of quaternary nitrogens is 1. The van der Waals surface area contributed by atoms with Crippen LogP contribution in [-0.2, 0) is 9.53 Å². The van der Waals surface area contributed by atoms with E-state index in [-0.39, 0.29) is 18.2 Å². The maximum absolute atomic E-state index is 12.5. The fourth-order valence-electron chi connectivity index (χ4n) is 3.25. The Kier molecular flexibility index (Phi) is 5.23. The molecule has 1 aromatic heterocycles. The second-order valence-corrected chi connectivity index (χ2v) is 6.19. The number of hydrogen-bond acceptors (Lipinski definition) is 4. The Morgan fingerprint density at radius 2 is 2.04 bits per heavy atom. The number of benzene rings is 1. The first-order valence-corrected chi connectivity index (χ1v) is 8.62. The maximum atomic E-state index is 12.5. The number of aromatic amines is 1. The minimum absolute atomic E-state index is 0.105. The van der Waals surface area contributed by atoms with Gasteiger partial charge in [0, 0.05) is 23.7 Å². The fourth-order valence-corrected chi connectivity index (χ4v) is 3.25. The summed E-state index contributed by atoms with van der Waals surface area (Å²) in [5.74, 6) is 0.0650. The number of esters is 1. The van der Waals surface area contributed by atoms with Gasteiger partial charge in [-0.1, -0.05) is 0 Å². The lowest BCUT2D eigenvalue weighted by Crippen LogP contribution is -3.11. The number of rotatable bonds is 6. The number of carbonyl (C=O) groups excluding carboxylic acids is 2. The summed E-state index contributed by atoms with van der Waals surface area (Å²) < 4.78 is 10.4. The summed E-state index contributed by atoms with van der Waals surface area (Å²) in [6, 6.07) is 5.42. The highest BCUT2D eigenvalue weighted by atomic mass is 16.5. The maximum Gasteiger partial charge on any atom is 0.356 e. The molecule has 0 spiro atoms. The molecule has 3 N–H and O–H groups in total.